The van der Waals surface area contributed by atoms with Crippen molar-refractivity contribution in [3.63, 3.8) is 0 Å². The fourth-order valence-corrected chi connectivity index (χ4v) is 5.89. The van der Waals surface area contributed by atoms with Crippen LogP contribution >= 0.6 is 0 Å². The third kappa shape index (κ3) is 6.88. The first-order chi connectivity index (χ1) is 20.7. The van der Waals surface area contributed by atoms with E-state index in [4.69, 9.17) is 18.9 Å². The summed E-state index contributed by atoms with van der Waals surface area (Å²) in [5.74, 6) is 0. The summed E-state index contributed by atoms with van der Waals surface area (Å²) in [6.45, 7) is -0.643. The van der Waals surface area contributed by atoms with Gasteiger partial charge in [-0.15, -0.1) is 0 Å². The van der Waals surface area contributed by atoms with E-state index in [0.29, 0.717) is 0 Å². The predicted octanol–water partition coefficient (Wildman–Crippen LogP) is -7.98. The Hall–Kier alpha value is -1.24. The van der Waals surface area contributed by atoms with E-state index in [0.717, 1.165) is 6.08 Å². The molecule has 2 heterocycles. The van der Waals surface area contributed by atoms with Crippen LogP contribution in [0, 0.1) is 0 Å². The van der Waals surface area contributed by atoms with Crippen LogP contribution in [0.25, 0.3) is 0 Å². The molecule has 0 amide bonds. The van der Waals surface area contributed by atoms with Gasteiger partial charge in [-0.25, -0.2) is 0 Å². The van der Waals surface area contributed by atoms with Gasteiger partial charge in [-0.3, -0.25) is 0 Å². The number of hydrogen-bond acceptors (Lipinski definition) is 18. The van der Waals surface area contributed by atoms with E-state index in [9.17, 15) is 66.4 Å². The van der Waals surface area contributed by atoms with Crippen LogP contribution in [0.1, 0.15) is 6.92 Å². The van der Waals surface area contributed by atoms with E-state index >= 15 is 0 Å². The lowest BCUT2D eigenvalue weighted by Crippen LogP contribution is -2.68. The molecule has 4 aliphatic rings. The van der Waals surface area contributed by atoms with Crippen LogP contribution < -0.4 is 5.32 Å². The average molecular weight is 642 g/mol. The Labute approximate surface area is 251 Å². The van der Waals surface area contributed by atoms with Gasteiger partial charge in [0.05, 0.1) is 38.0 Å². The van der Waals surface area contributed by atoms with Crippen LogP contribution in [-0.2, 0) is 18.9 Å². The number of ether oxygens (including phenoxy) is 4. The summed E-state index contributed by atoms with van der Waals surface area (Å²) in [6, 6.07) is -2.16. The lowest BCUT2D eigenvalue weighted by Gasteiger charge is -2.48. The van der Waals surface area contributed by atoms with Crippen LogP contribution in [-0.4, -0.2) is 196 Å². The molecule has 18 atom stereocenters. The quantitative estimate of drug-likeness (QED) is 0.104. The zero-order valence-corrected chi connectivity index (χ0v) is 23.6. The zero-order valence-electron chi connectivity index (χ0n) is 23.6. The van der Waals surface area contributed by atoms with E-state index in [-0.39, 0.29) is 11.1 Å². The zero-order chi connectivity index (χ0) is 32.6. The van der Waals surface area contributed by atoms with E-state index in [1.807, 2.05) is 0 Å². The first kappa shape index (κ1) is 35.6. The maximum absolute atomic E-state index is 10.9. The van der Waals surface area contributed by atoms with E-state index in [2.05, 4.69) is 5.32 Å². The number of aliphatic hydroxyl groups is 13. The smallest absolute Gasteiger partial charge is 0.187 e. The first-order valence-electron chi connectivity index (χ1n) is 14.2. The molecule has 2 saturated heterocycles. The summed E-state index contributed by atoms with van der Waals surface area (Å²) in [7, 11) is 0. The second-order valence-electron chi connectivity index (χ2n) is 11.5. The largest absolute Gasteiger partial charge is 0.394 e. The predicted molar refractivity (Wildman–Crippen MR) is 141 cm³/mol. The molecule has 18 nitrogen and oxygen atoms in total. The van der Waals surface area contributed by atoms with Gasteiger partial charge < -0.3 is 90.6 Å². The van der Waals surface area contributed by atoms with Crippen LogP contribution in [0.3, 0.4) is 0 Å². The summed E-state index contributed by atoms with van der Waals surface area (Å²) >= 11 is 0. The van der Waals surface area contributed by atoms with Crippen molar-refractivity contribution in [3.8, 4) is 0 Å². The fourth-order valence-electron chi connectivity index (χ4n) is 5.89. The van der Waals surface area contributed by atoms with Crippen molar-refractivity contribution in [2.24, 2.45) is 0 Å². The highest BCUT2D eigenvalue weighted by Gasteiger charge is 2.52. The Morgan fingerprint density at radius 3 is 1.89 bits per heavy atom. The van der Waals surface area contributed by atoms with Crippen molar-refractivity contribution < 1.29 is 85.3 Å². The molecule has 44 heavy (non-hydrogen) atoms. The first-order valence-corrected chi connectivity index (χ1v) is 14.2. The van der Waals surface area contributed by atoms with Gasteiger partial charge in [-0.1, -0.05) is 6.08 Å². The normalized spacial score (nSPS) is 50.2. The minimum Gasteiger partial charge on any atom is -0.394 e. The molecule has 0 unspecified atom stereocenters. The van der Waals surface area contributed by atoms with Crippen molar-refractivity contribution in [3.05, 3.63) is 23.3 Å². The van der Waals surface area contributed by atoms with E-state index in [1.165, 1.54) is 13.0 Å². The molecule has 0 aromatic carbocycles. The third-order valence-electron chi connectivity index (χ3n) is 8.57. The van der Waals surface area contributed by atoms with E-state index in [1.54, 1.807) is 0 Å². The second kappa shape index (κ2) is 14.7. The summed E-state index contributed by atoms with van der Waals surface area (Å²) in [4.78, 5) is 0. The molecule has 14 N–H and O–H groups in total. The monoisotopic (exact) mass is 641 g/mol. The molecule has 2 aliphatic heterocycles. The average Bonchev–Trinajstić information content (AvgIpc) is 3.00. The Morgan fingerprint density at radius 1 is 0.659 bits per heavy atom. The Morgan fingerprint density at radius 2 is 1.27 bits per heavy atom. The summed E-state index contributed by atoms with van der Waals surface area (Å²) < 4.78 is 22.5. The van der Waals surface area contributed by atoms with Crippen LogP contribution in [0.15, 0.2) is 23.3 Å². The Kier molecular flexibility index (Phi) is 11.9. The van der Waals surface area contributed by atoms with Crippen molar-refractivity contribution in [2.45, 2.75) is 117 Å². The van der Waals surface area contributed by atoms with Crippen molar-refractivity contribution in [1.82, 2.24) is 5.32 Å². The van der Waals surface area contributed by atoms with Gasteiger partial charge in [0.2, 0.25) is 0 Å². The molecule has 254 valence electrons. The second-order valence-corrected chi connectivity index (χ2v) is 11.5. The summed E-state index contributed by atoms with van der Waals surface area (Å²) in [5, 5.41) is 136. The standard InChI is InChI=1S/C26H43NO17/c1-7-13(27-10-2-8(4-28)14(32)18(36)15(10)33)17(35)21(39)25(41-7)44-24-12(6-30)42-26(22(40)20(24)38)43-23-9(5-29)3-11(31)16(34)19(23)37/h2-3,7,10-40H,4-6H2,1H3/t7-,10+,11-,12-,13-,14-,15+,16+,17+,18+,19-,20-,21-,22-,23-,24-,25-,26-/m1/s1. The highest BCUT2D eigenvalue weighted by molar-refractivity contribution is 5.23. The highest BCUT2D eigenvalue weighted by atomic mass is 16.7. The maximum atomic E-state index is 10.9. The molecule has 2 fully saturated rings. The van der Waals surface area contributed by atoms with Crippen molar-refractivity contribution in [1.29, 1.82) is 0 Å². The molecule has 0 aromatic heterocycles. The van der Waals surface area contributed by atoms with Gasteiger partial charge in [-0.2, -0.15) is 0 Å². The van der Waals surface area contributed by atoms with E-state index < -0.39 is 130 Å². The van der Waals surface area contributed by atoms with Gasteiger partial charge in [0.25, 0.3) is 0 Å². The minimum absolute atomic E-state index is 0.0264. The number of rotatable bonds is 9. The molecule has 4 rings (SSSR count). The molecular weight excluding hydrogens is 598 g/mol. The molecule has 0 aromatic rings. The molecule has 0 bridgehead atoms. The maximum Gasteiger partial charge on any atom is 0.187 e. The lowest BCUT2D eigenvalue weighted by atomic mass is 9.86. The highest BCUT2D eigenvalue weighted by Crippen LogP contribution is 2.33. The fraction of sp³-hybridized carbons (Fsp3) is 0.846. The molecule has 0 radical (unpaired) electrons. The molecule has 18 heteroatoms. The summed E-state index contributed by atoms with van der Waals surface area (Å²) in [6.07, 6.45) is -23.3. The molecule has 0 spiro atoms. The molecule has 0 saturated carbocycles. The van der Waals surface area contributed by atoms with Gasteiger partial charge in [0.1, 0.15) is 79.4 Å². The SMILES string of the molecule is C[C@H]1O[C@H](O[C@H]2[C@H](O)[C@@H](O)[C@@H](O[C@@H]3C(CO)=C[C@@H](O)[C@H](O)[C@H]3O)O[C@@H]2CO)[C@H](O)[C@@H](O)[C@@H]1N[C@H]1C=C(CO)[C@@H](O)[C@H](O)[C@H]1O. The van der Waals surface area contributed by atoms with Crippen LogP contribution in [0.5, 0.6) is 0 Å². The number of nitrogens with one attached hydrogen (secondary N) is 1. The minimum atomic E-state index is -1.90. The Balaban J connectivity index is 1.43. The molecule has 2 aliphatic carbocycles. The van der Waals surface area contributed by atoms with Crippen molar-refractivity contribution in [2.75, 3.05) is 19.8 Å². The lowest BCUT2D eigenvalue weighted by molar-refractivity contribution is -0.357. The van der Waals surface area contributed by atoms with Crippen molar-refractivity contribution >= 4 is 0 Å². The Bertz CT molecular complexity index is 1020. The topological polar surface area (TPSA) is 312 Å². The number of hydrogen-bond donors (Lipinski definition) is 14. The molecular formula is C26H43NO17. The van der Waals surface area contributed by atoms with Crippen LogP contribution in [0.4, 0.5) is 0 Å². The van der Waals surface area contributed by atoms with Gasteiger partial charge in [-0.05, 0) is 24.1 Å². The van der Waals surface area contributed by atoms with Gasteiger partial charge in [0, 0.05) is 0 Å². The number of aliphatic hydroxyl groups excluding tert-OH is 13. The third-order valence-corrected chi connectivity index (χ3v) is 8.57. The van der Waals surface area contributed by atoms with Gasteiger partial charge >= 0.3 is 0 Å². The van der Waals surface area contributed by atoms with Gasteiger partial charge in [0.15, 0.2) is 12.6 Å². The van der Waals surface area contributed by atoms with Crippen LogP contribution in [0.2, 0.25) is 0 Å². The summed E-state index contributed by atoms with van der Waals surface area (Å²) in [5.41, 5.74) is -0.0163.